The lowest BCUT2D eigenvalue weighted by molar-refractivity contribution is 0.0366. The third-order valence-corrected chi connectivity index (χ3v) is 5.26. The van der Waals surface area contributed by atoms with Crippen LogP contribution in [0, 0.1) is 0 Å². The molecule has 1 fully saturated rings. The summed E-state index contributed by atoms with van der Waals surface area (Å²) in [5, 5.41) is 3.41. The molecule has 152 valence electrons. The Morgan fingerprint density at radius 3 is 2.79 bits per heavy atom. The molecule has 0 saturated carbocycles. The molecule has 0 bridgehead atoms. The average Bonchev–Trinajstić information content (AvgIpc) is 3.09. The second kappa shape index (κ2) is 8.82. The van der Waals surface area contributed by atoms with Gasteiger partial charge in [0, 0.05) is 31.2 Å². The predicted octanol–water partition coefficient (Wildman–Crippen LogP) is 3.28. The topological polar surface area (TPSA) is 68.6 Å². The molecule has 2 aromatic carbocycles. The van der Waals surface area contributed by atoms with Crippen LogP contribution in [0.5, 0.6) is 5.75 Å². The van der Waals surface area contributed by atoms with Crippen LogP contribution in [0.3, 0.4) is 0 Å². The maximum Gasteiger partial charge on any atom is 0.261 e. The number of imidazole rings is 1. The van der Waals surface area contributed by atoms with E-state index in [1.54, 1.807) is 18.2 Å². The van der Waals surface area contributed by atoms with Gasteiger partial charge in [0.2, 0.25) is 5.95 Å². The number of para-hydroxylation sites is 2. The van der Waals surface area contributed by atoms with Gasteiger partial charge in [-0.2, -0.15) is 0 Å². The highest BCUT2D eigenvalue weighted by atomic mass is 35.5. The lowest BCUT2D eigenvalue weighted by Gasteiger charge is -2.26. The van der Waals surface area contributed by atoms with Crippen molar-refractivity contribution < 1.29 is 14.3 Å². The van der Waals surface area contributed by atoms with Gasteiger partial charge in [-0.15, -0.1) is 0 Å². The molecule has 1 N–H and O–H groups in total. The Hall–Kier alpha value is -2.61. The first-order chi connectivity index (χ1) is 14.2. The maximum absolute atomic E-state index is 13.0. The van der Waals surface area contributed by atoms with E-state index in [1.807, 2.05) is 28.8 Å². The van der Waals surface area contributed by atoms with E-state index < -0.39 is 0 Å². The van der Waals surface area contributed by atoms with Crippen LogP contribution in [0.1, 0.15) is 10.4 Å². The van der Waals surface area contributed by atoms with Gasteiger partial charge < -0.3 is 14.0 Å². The monoisotopic (exact) mass is 414 g/mol. The standard InChI is InChI=1S/C21H23ClN4O3/c1-28-19-7-6-15(22)14-16(19)20(27)24-21-23-17-4-2-3-5-18(17)26(21)9-8-25-10-12-29-13-11-25/h2-7,14H,8-13H2,1H3,(H,23,24,27). The maximum atomic E-state index is 13.0. The molecule has 29 heavy (non-hydrogen) atoms. The summed E-state index contributed by atoms with van der Waals surface area (Å²) in [6.45, 7) is 4.89. The van der Waals surface area contributed by atoms with Gasteiger partial charge in [-0.25, -0.2) is 4.98 Å². The van der Waals surface area contributed by atoms with E-state index in [9.17, 15) is 4.79 Å². The molecule has 4 rings (SSSR count). The van der Waals surface area contributed by atoms with E-state index >= 15 is 0 Å². The van der Waals surface area contributed by atoms with Crippen molar-refractivity contribution in [3.63, 3.8) is 0 Å². The van der Waals surface area contributed by atoms with E-state index in [2.05, 4.69) is 15.2 Å². The molecule has 7 nitrogen and oxygen atoms in total. The number of rotatable bonds is 6. The Morgan fingerprint density at radius 2 is 2.00 bits per heavy atom. The lowest BCUT2D eigenvalue weighted by Crippen LogP contribution is -2.38. The molecule has 1 aliphatic rings. The molecule has 1 saturated heterocycles. The minimum Gasteiger partial charge on any atom is -0.496 e. The number of halogens is 1. The van der Waals surface area contributed by atoms with Crippen LogP contribution >= 0.6 is 11.6 Å². The fourth-order valence-electron chi connectivity index (χ4n) is 3.49. The normalized spacial score (nSPS) is 14.8. The van der Waals surface area contributed by atoms with Gasteiger partial charge in [0.1, 0.15) is 5.75 Å². The van der Waals surface area contributed by atoms with Gasteiger partial charge in [0.05, 0.1) is 36.9 Å². The number of morpholine rings is 1. The molecular weight excluding hydrogens is 392 g/mol. The van der Waals surface area contributed by atoms with Crippen molar-refractivity contribution in [2.45, 2.75) is 6.54 Å². The van der Waals surface area contributed by atoms with Gasteiger partial charge in [0.25, 0.3) is 5.91 Å². The molecule has 8 heteroatoms. The van der Waals surface area contributed by atoms with Crippen molar-refractivity contribution >= 4 is 34.5 Å². The number of amides is 1. The predicted molar refractivity (Wildman–Crippen MR) is 113 cm³/mol. The SMILES string of the molecule is COc1ccc(Cl)cc1C(=O)Nc1nc2ccccc2n1CCN1CCOCC1. The van der Waals surface area contributed by atoms with Gasteiger partial charge in [-0.1, -0.05) is 23.7 Å². The van der Waals surface area contributed by atoms with E-state index in [4.69, 9.17) is 21.1 Å². The van der Waals surface area contributed by atoms with Crippen molar-refractivity contribution in [1.82, 2.24) is 14.5 Å². The zero-order valence-corrected chi connectivity index (χ0v) is 17.0. The number of carbonyl (C=O) groups excluding carboxylic acids is 1. The average molecular weight is 415 g/mol. The zero-order chi connectivity index (χ0) is 20.2. The number of methoxy groups -OCH3 is 1. The Kier molecular flexibility index (Phi) is 5.99. The minimum absolute atomic E-state index is 0.313. The Balaban J connectivity index is 1.61. The largest absolute Gasteiger partial charge is 0.496 e. The highest BCUT2D eigenvalue weighted by Crippen LogP contribution is 2.25. The van der Waals surface area contributed by atoms with E-state index in [0.717, 1.165) is 43.9 Å². The van der Waals surface area contributed by atoms with Crippen molar-refractivity contribution in [3.8, 4) is 5.75 Å². The molecule has 0 aliphatic carbocycles. The minimum atomic E-state index is -0.313. The number of fused-ring (bicyclic) bond motifs is 1. The van der Waals surface area contributed by atoms with Crippen LogP contribution in [-0.2, 0) is 11.3 Å². The van der Waals surface area contributed by atoms with Gasteiger partial charge in [-0.05, 0) is 30.3 Å². The number of hydrogen-bond donors (Lipinski definition) is 1. The molecule has 0 radical (unpaired) electrons. The third kappa shape index (κ3) is 4.37. The van der Waals surface area contributed by atoms with E-state index in [1.165, 1.54) is 7.11 Å². The van der Waals surface area contributed by atoms with Crippen LogP contribution in [0.15, 0.2) is 42.5 Å². The molecule has 0 atom stereocenters. The fourth-order valence-corrected chi connectivity index (χ4v) is 3.66. The first-order valence-corrected chi connectivity index (χ1v) is 9.94. The number of anilines is 1. The first kappa shape index (κ1) is 19.7. The van der Waals surface area contributed by atoms with Gasteiger partial charge >= 0.3 is 0 Å². The highest BCUT2D eigenvalue weighted by molar-refractivity contribution is 6.31. The number of ether oxygens (including phenoxy) is 2. The van der Waals surface area contributed by atoms with Gasteiger partial charge in [-0.3, -0.25) is 15.0 Å². The number of benzene rings is 2. The summed E-state index contributed by atoms with van der Waals surface area (Å²) >= 11 is 6.08. The van der Waals surface area contributed by atoms with Gasteiger partial charge in [0.15, 0.2) is 0 Å². The summed E-state index contributed by atoms with van der Waals surface area (Å²) in [5.41, 5.74) is 2.18. The summed E-state index contributed by atoms with van der Waals surface area (Å²) in [4.78, 5) is 19.9. The zero-order valence-electron chi connectivity index (χ0n) is 16.2. The quantitative estimate of drug-likeness (QED) is 0.670. The second-order valence-electron chi connectivity index (χ2n) is 6.83. The van der Waals surface area contributed by atoms with Crippen molar-refractivity contribution in [2.24, 2.45) is 0 Å². The van der Waals surface area contributed by atoms with E-state index in [-0.39, 0.29) is 5.91 Å². The molecule has 0 spiro atoms. The molecule has 0 unspecified atom stereocenters. The number of carbonyl (C=O) groups is 1. The van der Waals surface area contributed by atoms with Crippen LogP contribution in [0.25, 0.3) is 11.0 Å². The summed E-state index contributed by atoms with van der Waals surface area (Å²) in [6, 6.07) is 12.8. The molecule has 1 amide bonds. The summed E-state index contributed by atoms with van der Waals surface area (Å²) in [5.74, 6) is 0.654. The molecule has 1 aromatic heterocycles. The first-order valence-electron chi connectivity index (χ1n) is 9.56. The Bertz CT molecular complexity index is 1010. The Morgan fingerprint density at radius 1 is 1.21 bits per heavy atom. The second-order valence-corrected chi connectivity index (χ2v) is 7.26. The molecule has 2 heterocycles. The molecule has 3 aromatic rings. The van der Waals surface area contributed by atoms with E-state index in [0.29, 0.717) is 28.8 Å². The summed E-state index contributed by atoms with van der Waals surface area (Å²) in [6.07, 6.45) is 0. The van der Waals surface area contributed by atoms with Crippen molar-refractivity contribution in [3.05, 3.63) is 53.1 Å². The number of nitrogens with zero attached hydrogens (tertiary/aromatic N) is 3. The van der Waals surface area contributed by atoms with Crippen LogP contribution in [0.4, 0.5) is 5.95 Å². The fraction of sp³-hybridized carbons (Fsp3) is 0.333. The summed E-state index contributed by atoms with van der Waals surface area (Å²) in [7, 11) is 1.53. The molecular formula is C21H23ClN4O3. The number of aromatic nitrogens is 2. The van der Waals surface area contributed by atoms with Crippen molar-refractivity contribution in [1.29, 1.82) is 0 Å². The Labute approximate surface area is 174 Å². The van der Waals surface area contributed by atoms with Crippen LogP contribution in [-0.4, -0.2) is 60.3 Å². The number of hydrogen-bond acceptors (Lipinski definition) is 5. The number of nitrogens with one attached hydrogen (secondary N) is 1. The third-order valence-electron chi connectivity index (χ3n) is 5.03. The van der Waals surface area contributed by atoms with Crippen LogP contribution < -0.4 is 10.1 Å². The summed E-state index contributed by atoms with van der Waals surface area (Å²) < 4.78 is 12.8. The lowest BCUT2D eigenvalue weighted by atomic mass is 10.2. The molecule has 1 aliphatic heterocycles. The smallest absolute Gasteiger partial charge is 0.261 e. The van der Waals surface area contributed by atoms with Crippen LogP contribution in [0.2, 0.25) is 5.02 Å². The van der Waals surface area contributed by atoms with Crippen molar-refractivity contribution in [2.75, 3.05) is 45.3 Å². The highest BCUT2D eigenvalue weighted by Gasteiger charge is 2.19.